The van der Waals surface area contributed by atoms with Crippen LogP contribution in [-0.4, -0.2) is 21.9 Å². The molecule has 0 aliphatic carbocycles. The van der Waals surface area contributed by atoms with Gasteiger partial charge in [-0.25, -0.2) is 4.79 Å². The average Bonchev–Trinajstić information content (AvgIpc) is 2.26. The molecule has 0 fully saturated rings. The van der Waals surface area contributed by atoms with Gasteiger partial charge in [0.25, 0.3) is 0 Å². The lowest BCUT2D eigenvalue weighted by atomic mass is 10.3. The Morgan fingerprint density at radius 3 is 2.41 bits per heavy atom. The van der Waals surface area contributed by atoms with Gasteiger partial charge in [0, 0.05) is 5.69 Å². The van der Waals surface area contributed by atoms with Crippen molar-refractivity contribution >= 4 is 58.2 Å². The van der Waals surface area contributed by atoms with E-state index in [1.807, 2.05) is 6.07 Å². The molecule has 1 amide bonds. The van der Waals surface area contributed by atoms with Crippen LogP contribution in [0.1, 0.15) is 0 Å². The van der Waals surface area contributed by atoms with Gasteiger partial charge in [0.15, 0.2) is 0 Å². The zero-order chi connectivity index (χ0) is 12.9. The molecule has 0 bridgehead atoms. The number of anilines is 1. The third-order valence-electron chi connectivity index (χ3n) is 1.74. The Labute approximate surface area is 119 Å². The molecule has 1 atom stereocenters. The fourth-order valence-electron chi connectivity index (χ4n) is 0.919. The number of alkyl halides is 4. The van der Waals surface area contributed by atoms with Crippen molar-refractivity contribution in [3.63, 3.8) is 0 Å². The highest BCUT2D eigenvalue weighted by Gasteiger charge is 2.31. The van der Waals surface area contributed by atoms with Crippen LogP contribution >= 0.6 is 46.4 Å². The second kappa shape index (κ2) is 6.55. The molecule has 0 spiro atoms. The maximum Gasteiger partial charge on any atom is 0.411 e. The van der Waals surface area contributed by atoms with Crippen molar-refractivity contribution in [3.05, 3.63) is 30.3 Å². The number of nitrogens with one attached hydrogen (secondary N) is 1. The first kappa shape index (κ1) is 14.7. The highest BCUT2D eigenvalue weighted by Crippen LogP contribution is 2.33. The number of rotatable bonds is 3. The molecule has 0 heterocycles. The third-order valence-corrected chi connectivity index (χ3v) is 3.31. The quantitative estimate of drug-likeness (QED) is 0.848. The van der Waals surface area contributed by atoms with Gasteiger partial charge in [-0.3, -0.25) is 5.32 Å². The SMILES string of the molecule is O=C(Nc1ccccc1)OC[C@@H](Cl)C(Cl)(Cl)Cl. The molecule has 1 aromatic carbocycles. The van der Waals surface area contributed by atoms with Crippen LogP contribution in [0.15, 0.2) is 30.3 Å². The molecular weight excluding hydrogens is 308 g/mol. The number of hydrogen-bond acceptors (Lipinski definition) is 2. The summed E-state index contributed by atoms with van der Waals surface area (Å²) in [5.41, 5.74) is 0.609. The van der Waals surface area contributed by atoms with Crippen LogP contribution in [0.5, 0.6) is 0 Å². The molecule has 3 nitrogen and oxygen atoms in total. The van der Waals surface area contributed by atoms with Crippen LogP contribution in [0.4, 0.5) is 10.5 Å². The Kier molecular flexibility index (Phi) is 5.67. The van der Waals surface area contributed by atoms with Crippen molar-refractivity contribution in [2.24, 2.45) is 0 Å². The minimum absolute atomic E-state index is 0.198. The molecule has 1 N–H and O–H groups in total. The fraction of sp³-hybridized carbons (Fsp3) is 0.300. The molecule has 1 aromatic rings. The summed E-state index contributed by atoms with van der Waals surface area (Å²) in [5, 5.41) is 1.59. The molecule has 7 heteroatoms. The molecule has 17 heavy (non-hydrogen) atoms. The summed E-state index contributed by atoms with van der Waals surface area (Å²) in [6, 6.07) is 8.82. The summed E-state index contributed by atoms with van der Waals surface area (Å²) < 4.78 is 3.13. The van der Waals surface area contributed by atoms with Crippen LogP contribution in [0.25, 0.3) is 0 Å². The summed E-state index contributed by atoms with van der Waals surface area (Å²) >= 11 is 22.2. The Balaban J connectivity index is 2.36. The monoisotopic (exact) mass is 315 g/mol. The summed E-state index contributed by atoms with van der Waals surface area (Å²) in [6.07, 6.45) is -0.656. The van der Waals surface area contributed by atoms with Gasteiger partial charge in [0.2, 0.25) is 3.79 Å². The van der Waals surface area contributed by atoms with E-state index in [0.29, 0.717) is 5.69 Å². The van der Waals surface area contributed by atoms with Crippen LogP contribution in [0, 0.1) is 0 Å². The molecule has 0 aromatic heterocycles. The maximum atomic E-state index is 11.3. The molecule has 94 valence electrons. The fourth-order valence-corrected chi connectivity index (χ4v) is 1.17. The first-order valence-electron chi connectivity index (χ1n) is 4.59. The maximum absolute atomic E-state index is 11.3. The van der Waals surface area contributed by atoms with Crippen LogP contribution in [0.3, 0.4) is 0 Å². The summed E-state index contributed by atoms with van der Waals surface area (Å²) in [6.45, 7) is -0.198. The smallest absolute Gasteiger partial charge is 0.411 e. The van der Waals surface area contributed by atoms with Crippen molar-refractivity contribution in [1.82, 2.24) is 0 Å². The normalized spacial score (nSPS) is 12.9. The van der Waals surface area contributed by atoms with Gasteiger partial charge in [-0.2, -0.15) is 0 Å². The zero-order valence-corrected chi connectivity index (χ0v) is 11.5. The summed E-state index contributed by atoms with van der Waals surface area (Å²) in [4.78, 5) is 11.3. The number of para-hydroxylation sites is 1. The van der Waals surface area contributed by atoms with Gasteiger partial charge in [-0.1, -0.05) is 53.0 Å². The predicted octanol–water partition coefficient (Wildman–Crippen LogP) is 4.21. The summed E-state index contributed by atoms with van der Waals surface area (Å²) in [7, 11) is 0. The van der Waals surface area contributed by atoms with Gasteiger partial charge in [-0.05, 0) is 12.1 Å². The van der Waals surface area contributed by atoms with E-state index in [0.717, 1.165) is 0 Å². The highest BCUT2D eigenvalue weighted by atomic mass is 35.6. The molecule has 0 unspecified atom stereocenters. The van der Waals surface area contributed by atoms with Crippen molar-refractivity contribution in [3.8, 4) is 0 Å². The minimum atomic E-state index is -1.67. The highest BCUT2D eigenvalue weighted by molar-refractivity contribution is 6.70. The molecule has 0 radical (unpaired) electrons. The number of amides is 1. The van der Waals surface area contributed by atoms with Crippen molar-refractivity contribution in [2.75, 3.05) is 11.9 Å². The van der Waals surface area contributed by atoms with Crippen molar-refractivity contribution in [2.45, 2.75) is 9.17 Å². The first-order valence-corrected chi connectivity index (χ1v) is 6.16. The average molecular weight is 317 g/mol. The lowest BCUT2D eigenvalue weighted by molar-refractivity contribution is 0.161. The number of benzene rings is 1. The van der Waals surface area contributed by atoms with E-state index in [9.17, 15) is 4.79 Å². The van der Waals surface area contributed by atoms with Crippen molar-refractivity contribution < 1.29 is 9.53 Å². The van der Waals surface area contributed by atoms with E-state index < -0.39 is 15.3 Å². The Bertz CT molecular complexity index is 366. The van der Waals surface area contributed by atoms with E-state index in [-0.39, 0.29) is 6.61 Å². The minimum Gasteiger partial charge on any atom is -0.448 e. The van der Waals surface area contributed by atoms with Gasteiger partial charge in [0.05, 0.1) is 0 Å². The molecule has 0 saturated heterocycles. The Morgan fingerprint density at radius 2 is 1.88 bits per heavy atom. The van der Waals surface area contributed by atoms with E-state index in [4.69, 9.17) is 51.1 Å². The third kappa shape index (κ3) is 5.68. The van der Waals surface area contributed by atoms with Crippen LogP contribution in [-0.2, 0) is 4.74 Å². The lowest BCUT2D eigenvalue weighted by Crippen LogP contribution is -2.27. The zero-order valence-electron chi connectivity index (χ0n) is 8.50. The molecule has 0 saturated carbocycles. The van der Waals surface area contributed by atoms with Crippen LogP contribution in [0.2, 0.25) is 0 Å². The summed E-state index contributed by atoms with van der Waals surface area (Å²) in [5.74, 6) is 0. The lowest BCUT2D eigenvalue weighted by Gasteiger charge is -2.17. The number of hydrogen-bond donors (Lipinski definition) is 1. The second-order valence-corrected chi connectivity index (χ2v) is 5.99. The standard InChI is InChI=1S/C10H9Cl4NO2/c11-8(10(12,13)14)6-17-9(16)15-7-4-2-1-3-5-7/h1-5,8H,6H2,(H,15,16)/t8-/m1/s1. The van der Waals surface area contributed by atoms with Gasteiger partial charge < -0.3 is 4.74 Å². The van der Waals surface area contributed by atoms with E-state index >= 15 is 0 Å². The van der Waals surface area contributed by atoms with Gasteiger partial charge >= 0.3 is 6.09 Å². The van der Waals surface area contributed by atoms with Crippen LogP contribution < -0.4 is 5.32 Å². The number of carbonyl (C=O) groups is 1. The Morgan fingerprint density at radius 1 is 1.29 bits per heavy atom. The first-order chi connectivity index (χ1) is 7.89. The van der Waals surface area contributed by atoms with E-state index in [2.05, 4.69) is 5.32 Å². The number of ether oxygens (including phenoxy) is 1. The van der Waals surface area contributed by atoms with E-state index in [1.165, 1.54) is 0 Å². The van der Waals surface area contributed by atoms with Gasteiger partial charge in [-0.15, -0.1) is 11.6 Å². The Hall–Kier alpha value is -0.350. The largest absolute Gasteiger partial charge is 0.448 e. The predicted molar refractivity (Wildman–Crippen MR) is 71.3 cm³/mol. The molecular formula is C10H9Cl4NO2. The van der Waals surface area contributed by atoms with Gasteiger partial charge in [0.1, 0.15) is 12.0 Å². The number of halogens is 4. The molecule has 0 aliphatic heterocycles. The van der Waals surface area contributed by atoms with E-state index in [1.54, 1.807) is 24.3 Å². The number of carbonyl (C=O) groups excluding carboxylic acids is 1. The second-order valence-electron chi connectivity index (χ2n) is 3.10. The molecule has 0 aliphatic rings. The molecule has 1 rings (SSSR count). The van der Waals surface area contributed by atoms with Crippen molar-refractivity contribution in [1.29, 1.82) is 0 Å². The topological polar surface area (TPSA) is 38.3 Å².